The molecular formula is C19H19FN2O3. The zero-order chi connectivity index (χ0) is 17.8. The number of rotatable bonds is 6. The number of hydrogen-bond donors (Lipinski definition) is 1. The molecule has 1 aliphatic rings. The molecule has 3 rings (SSSR count). The van der Waals surface area contributed by atoms with Crippen LogP contribution < -0.4 is 14.9 Å². The van der Waals surface area contributed by atoms with Crippen LogP contribution in [0.15, 0.2) is 47.6 Å². The lowest BCUT2D eigenvalue weighted by molar-refractivity contribution is -0.122. The van der Waals surface area contributed by atoms with E-state index in [1.807, 2.05) is 6.07 Å². The van der Waals surface area contributed by atoms with Gasteiger partial charge in [-0.05, 0) is 53.8 Å². The van der Waals surface area contributed by atoms with Crippen molar-refractivity contribution in [2.24, 2.45) is 11.0 Å². The van der Waals surface area contributed by atoms with Crippen molar-refractivity contribution in [3.8, 4) is 11.5 Å². The largest absolute Gasteiger partial charge is 0.493 e. The fourth-order valence-corrected chi connectivity index (χ4v) is 2.75. The van der Waals surface area contributed by atoms with Crippen molar-refractivity contribution in [3.63, 3.8) is 0 Å². The number of ether oxygens (including phenoxy) is 2. The van der Waals surface area contributed by atoms with Crippen molar-refractivity contribution >= 4 is 12.1 Å². The number of halogens is 1. The first kappa shape index (κ1) is 17.0. The summed E-state index contributed by atoms with van der Waals surface area (Å²) in [5, 5.41) is 4.00. The Kier molecular flexibility index (Phi) is 4.97. The molecule has 0 aliphatic heterocycles. The van der Waals surface area contributed by atoms with E-state index in [-0.39, 0.29) is 23.6 Å². The highest BCUT2D eigenvalue weighted by atomic mass is 19.1. The molecule has 1 aliphatic carbocycles. The molecule has 0 bridgehead atoms. The second-order valence-electron chi connectivity index (χ2n) is 5.85. The quantitative estimate of drug-likeness (QED) is 0.648. The maximum absolute atomic E-state index is 12.9. The summed E-state index contributed by atoms with van der Waals surface area (Å²) in [7, 11) is 3.13. The van der Waals surface area contributed by atoms with E-state index in [0.29, 0.717) is 11.5 Å². The summed E-state index contributed by atoms with van der Waals surface area (Å²) >= 11 is 0. The molecule has 0 spiro atoms. The van der Waals surface area contributed by atoms with E-state index >= 15 is 0 Å². The fourth-order valence-electron chi connectivity index (χ4n) is 2.75. The van der Waals surface area contributed by atoms with E-state index < -0.39 is 0 Å². The minimum absolute atomic E-state index is 0.118. The van der Waals surface area contributed by atoms with Crippen LogP contribution in [0.5, 0.6) is 11.5 Å². The van der Waals surface area contributed by atoms with E-state index in [4.69, 9.17) is 9.47 Å². The topological polar surface area (TPSA) is 59.9 Å². The molecule has 25 heavy (non-hydrogen) atoms. The van der Waals surface area contributed by atoms with E-state index in [1.165, 1.54) is 12.1 Å². The molecule has 1 saturated carbocycles. The van der Waals surface area contributed by atoms with Crippen molar-refractivity contribution in [3.05, 3.63) is 59.4 Å². The van der Waals surface area contributed by atoms with Gasteiger partial charge in [-0.3, -0.25) is 4.79 Å². The number of hydrazone groups is 1. The Bertz CT molecular complexity index is 790. The van der Waals surface area contributed by atoms with Gasteiger partial charge in [-0.2, -0.15) is 5.10 Å². The van der Waals surface area contributed by atoms with Crippen LogP contribution in [0.1, 0.15) is 23.5 Å². The molecule has 1 fully saturated rings. The van der Waals surface area contributed by atoms with Crippen LogP contribution in [-0.4, -0.2) is 26.3 Å². The molecular weight excluding hydrogens is 323 g/mol. The minimum Gasteiger partial charge on any atom is -0.493 e. The van der Waals surface area contributed by atoms with Gasteiger partial charge in [0, 0.05) is 5.92 Å². The van der Waals surface area contributed by atoms with Gasteiger partial charge in [0.05, 0.1) is 20.4 Å². The molecule has 0 aromatic heterocycles. The Morgan fingerprint density at radius 3 is 2.56 bits per heavy atom. The van der Waals surface area contributed by atoms with Gasteiger partial charge in [-0.25, -0.2) is 9.82 Å². The number of methoxy groups -OCH3 is 2. The number of carbonyl (C=O) groups is 1. The molecule has 6 heteroatoms. The third-order valence-electron chi connectivity index (χ3n) is 4.22. The highest BCUT2D eigenvalue weighted by Gasteiger charge is 2.43. The monoisotopic (exact) mass is 342 g/mol. The van der Waals surface area contributed by atoms with E-state index in [0.717, 1.165) is 17.5 Å². The van der Waals surface area contributed by atoms with Gasteiger partial charge in [0.2, 0.25) is 5.91 Å². The van der Waals surface area contributed by atoms with Gasteiger partial charge in [0.1, 0.15) is 5.82 Å². The summed E-state index contributed by atoms with van der Waals surface area (Å²) in [6.45, 7) is 0. The van der Waals surface area contributed by atoms with Crippen molar-refractivity contribution < 1.29 is 18.7 Å². The average Bonchev–Trinajstić information content (AvgIpc) is 3.43. The van der Waals surface area contributed by atoms with Gasteiger partial charge in [0.15, 0.2) is 11.5 Å². The SMILES string of the molecule is COc1ccc(C=NNC(=O)C2CC2c2ccc(F)cc2)cc1OC. The van der Waals surface area contributed by atoms with Gasteiger partial charge >= 0.3 is 0 Å². The van der Waals surface area contributed by atoms with Gasteiger partial charge in [-0.15, -0.1) is 0 Å². The van der Waals surface area contributed by atoms with Crippen molar-refractivity contribution in [1.29, 1.82) is 0 Å². The van der Waals surface area contributed by atoms with E-state index in [9.17, 15) is 9.18 Å². The Hall–Kier alpha value is -2.89. The maximum atomic E-state index is 12.9. The zero-order valence-electron chi connectivity index (χ0n) is 14.0. The Balaban J connectivity index is 1.56. The fraction of sp³-hybridized carbons (Fsp3) is 0.263. The molecule has 2 aromatic carbocycles. The molecule has 2 aromatic rings. The Morgan fingerprint density at radius 2 is 1.88 bits per heavy atom. The van der Waals surface area contributed by atoms with Crippen LogP contribution in [0.4, 0.5) is 4.39 Å². The lowest BCUT2D eigenvalue weighted by Gasteiger charge is -2.07. The number of carbonyl (C=O) groups excluding carboxylic acids is 1. The maximum Gasteiger partial charge on any atom is 0.243 e. The number of hydrogen-bond acceptors (Lipinski definition) is 4. The van der Waals surface area contributed by atoms with Gasteiger partial charge in [-0.1, -0.05) is 12.1 Å². The normalized spacial score (nSPS) is 18.8. The minimum atomic E-state index is -0.273. The smallest absolute Gasteiger partial charge is 0.243 e. The van der Waals surface area contributed by atoms with Crippen molar-refractivity contribution in [1.82, 2.24) is 5.43 Å². The second kappa shape index (κ2) is 7.34. The van der Waals surface area contributed by atoms with Crippen LogP contribution in [0.2, 0.25) is 0 Å². The molecule has 1 amide bonds. The summed E-state index contributed by atoms with van der Waals surface area (Å²) in [4.78, 5) is 12.1. The first-order valence-corrected chi connectivity index (χ1v) is 7.92. The lowest BCUT2D eigenvalue weighted by Crippen LogP contribution is -2.20. The number of benzene rings is 2. The van der Waals surface area contributed by atoms with Crippen LogP contribution >= 0.6 is 0 Å². The third-order valence-corrected chi connectivity index (χ3v) is 4.22. The number of amides is 1. The summed E-state index contributed by atoms with van der Waals surface area (Å²) in [6, 6.07) is 11.6. The van der Waals surface area contributed by atoms with Crippen LogP contribution in [0, 0.1) is 11.7 Å². The third kappa shape index (κ3) is 3.96. The molecule has 1 N–H and O–H groups in total. The highest BCUT2D eigenvalue weighted by Crippen LogP contribution is 2.47. The van der Waals surface area contributed by atoms with E-state index in [1.54, 1.807) is 44.7 Å². The highest BCUT2D eigenvalue weighted by molar-refractivity contribution is 5.86. The predicted octanol–water partition coefficient (Wildman–Crippen LogP) is 3.10. The standard InChI is InChI=1S/C19H19FN2O3/c1-24-17-8-3-12(9-18(17)25-2)11-21-22-19(23)16-10-15(16)13-4-6-14(20)7-5-13/h3-9,11,15-16H,10H2,1-2H3,(H,22,23). The summed E-state index contributed by atoms with van der Waals surface area (Å²) < 4.78 is 23.3. The summed E-state index contributed by atoms with van der Waals surface area (Å²) in [6.07, 6.45) is 2.30. The first-order chi connectivity index (χ1) is 12.1. The molecule has 5 nitrogen and oxygen atoms in total. The van der Waals surface area contributed by atoms with E-state index in [2.05, 4.69) is 10.5 Å². The van der Waals surface area contributed by atoms with Crippen LogP contribution in [0.3, 0.4) is 0 Å². The van der Waals surface area contributed by atoms with Crippen LogP contribution in [0.25, 0.3) is 0 Å². The van der Waals surface area contributed by atoms with Crippen molar-refractivity contribution in [2.75, 3.05) is 14.2 Å². The Labute approximate surface area is 145 Å². The number of nitrogens with one attached hydrogen (secondary N) is 1. The second-order valence-corrected chi connectivity index (χ2v) is 5.85. The lowest BCUT2D eigenvalue weighted by atomic mass is 10.1. The molecule has 0 radical (unpaired) electrons. The molecule has 2 unspecified atom stereocenters. The number of nitrogens with zero attached hydrogens (tertiary/aromatic N) is 1. The predicted molar refractivity (Wildman–Crippen MR) is 92.5 cm³/mol. The zero-order valence-corrected chi connectivity index (χ0v) is 14.0. The van der Waals surface area contributed by atoms with Crippen molar-refractivity contribution in [2.45, 2.75) is 12.3 Å². The van der Waals surface area contributed by atoms with Gasteiger partial charge < -0.3 is 9.47 Å². The summed E-state index contributed by atoms with van der Waals surface area (Å²) in [5.41, 5.74) is 4.31. The van der Waals surface area contributed by atoms with Crippen LogP contribution in [-0.2, 0) is 4.79 Å². The van der Waals surface area contributed by atoms with Gasteiger partial charge in [0.25, 0.3) is 0 Å². The summed E-state index contributed by atoms with van der Waals surface area (Å²) in [5.74, 6) is 0.834. The molecule has 0 heterocycles. The Morgan fingerprint density at radius 1 is 1.16 bits per heavy atom. The molecule has 130 valence electrons. The molecule has 0 saturated heterocycles. The average molecular weight is 342 g/mol. The molecule has 2 atom stereocenters. The first-order valence-electron chi connectivity index (χ1n) is 7.92.